The maximum absolute atomic E-state index is 12.8. The molecule has 2 atom stereocenters. The van der Waals surface area contributed by atoms with Crippen LogP contribution in [-0.2, 0) is 4.79 Å². The average Bonchev–Trinajstić information content (AvgIpc) is 2.64. The Morgan fingerprint density at radius 3 is 2.48 bits per heavy atom. The minimum absolute atomic E-state index is 0. The number of nitrogens with two attached hydrogens (primary N) is 1. The Kier molecular flexibility index (Phi) is 10.2. The van der Waals surface area contributed by atoms with E-state index >= 15 is 0 Å². The summed E-state index contributed by atoms with van der Waals surface area (Å²) in [6.45, 7) is 7.34. The molecule has 3 rings (SSSR count). The number of nitrogen functional groups attached to an aromatic ring is 1. The van der Waals surface area contributed by atoms with E-state index in [1.165, 1.54) is 12.8 Å². The molecule has 1 aliphatic carbocycles. The largest absolute Gasteiger partial charge is 0.399 e. The third-order valence-corrected chi connectivity index (χ3v) is 5.82. The summed E-state index contributed by atoms with van der Waals surface area (Å²) in [7, 11) is 0. The highest BCUT2D eigenvalue weighted by atomic mass is 35.5. The van der Waals surface area contributed by atoms with Gasteiger partial charge in [0.2, 0.25) is 5.91 Å². The molecule has 0 spiro atoms. The number of hydrogen-bond donors (Lipinski definition) is 2. The fourth-order valence-corrected chi connectivity index (χ4v) is 4.19. The lowest BCUT2D eigenvalue weighted by molar-refractivity contribution is -0.123. The number of hydrogen-bond acceptors (Lipinski definition) is 4. The molecule has 2 fully saturated rings. The summed E-state index contributed by atoms with van der Waals surface area (Å²) in [4.78, 5) is 29.1. The molecular weight excluding hydrogens is 411 g/mol. The number of halogens is 2. The molecule has 2 aliphatic rings. The molecule has 29 heavy (non-hydrogen) atoms. The number of rotatable bonds is 4. The fourth-order valence-electron chi connectivity index (χ4n) is 4.19. The van der Waals surface area contributed by atoms with Crippen LogP contribution in [0.1, 0.15) is 48.5 Å². The van der Waals surface area contributed by atoms with Crippen LogP contribution in [0.15, 0.2) is 18.2 Å². The zero-order valence-corrected chi connectivity index (χ0v) is 19.0. The Bertz CT molecular complexity index is 693. The van der Waals surface area contributed by atoms with Gasteiger partial charge < -0.3 is 16.0 Å². The topological polar surface area (TPSA) is 78.7 Å². The van der Waals surface area contributed by atoms with E-state index in [-0.39, 0.29) is 36.6 Å². The molecule has 2 amide bonds. The van der Waals surface area contributed by atoms with Crippen molar-refractivity contribution >= 4 is 42.3 Å². The van der Waals surface area contributed by atoms with Crippen molar-refractivity contribution in [2.75, 3.05) is 38.5 Å². The van der Waals surface area contributed by atoms with Crippen LogP contribution in [0.25, 0.3) is 0 Å². The van der Waals surface area contributed by atoms with Crippen LogP contribution in [0.2, 0.25) is 0 Å². The van der Waals surface area contributed by atoms with Crippen molar-refractivity contribution in [2.24, 2.45) is 5.92 Å². The number of nitrogens with one attached hydrogen (secondary N) is 1. The van der Waals surface area contributed by atoms with Crippen molar-refractivity contribution in [3.63, 3.8) is 0 Å². The summed E-state index contributed by atoms with van der Waals surface area (Å²) in [6, 6.07) is 5.78. The summed E-state index contributed by atoms with van der Waals surface area (Å²) in [6.07, 6.45) is 4.66. The molecule has 2 unspecified atom stereocenters. The van der Waals surface area contributed by atoms with Gasteiger partial charge in [0.1, 0.15) is 0 Å². The number of piperazine rings is 1. The molecule has 1 aromatic carbocycles. The molecule has 1 heterocycles. The van der Waals surface area contributed by atoms with E-state index in [9.17, 15) is 9.59 Å². The van der Waals surface area contributed by atoms with E-state index in [2.05, 4.69) is 17.1 Å². The minimum Gasteiger partial charge on any atom is -0.399 e. The second kappa shape index (κ2) is 11.6. The lowest BCUT2D eigenvalue weighted by Crippen LogP contribution is -2.52. The normalized spacial score (nSPS) is 22.2. The van der Waals surface area contributed by atoms with E-state index < -0.39 is 0 Å². The highest BCUT2D eigenvalue weighted by Crippen LogP contribution is 2.23. The number of anilines is 1. The summed E-state index contributed by atoms with van der Waals surface area (Å²) in [5.74, 6) is 0.842. The van der Waals surface area contributed by atoms with Crippen LogP contribution in [0, 0.1) is 12.8 Å². The Hall–Kier alpha value is -1.50. The number of aryl methyl sites for hydroxylation is 1. The van der Waals surface area contributed by atoms with Gasteiger partial charge in [-0.3, -0.25) is 14.5 Å². The van der Waals surface area contributed by atoms with Gasteiger partial charge >= 0.3 is 0 Å². The molecule has 0 radical (unpaired) electrons. The molecular formula is C21H34Cl2N4O2. The molecule has 1 aliphatic heterocycles. The van der Waals surface area contributed by atoms with Crippen molar-refractivity contribution in [1.82, 2.24) is 15.1 Å². The molecule has 0 bridgehead atoms. The quantitative estimate of drug-likeness (QED) is 0.699. The smallest absolute Gasteiger partial charge is 0.254 e. The Balaban J connectivity index is 0.00000210. The Morgan fingerprint density at radius 2 is 1.83 bits per heavy atom. The molecule has 0 aromatic heterocycles. The van der Waals surface area contributed by atoms with Gasteiger partial charge in [-0.25, -0.2) is 0 Å². The van der Waals surface area contributed by atoms with Crippen molar-refractivity contribution in [1.29, 1.82) is 0 Å². The van der Waals surface area contributed by atoms with Gasteiger partial charge in [0.25, 0.3) is 5.91 Å². The fraction of sp³-hybridized carbons (Fsp3) is 0.619. The first-order valence-electron chi connectivity index (χ1n) is 10.1. The van der Waals surface area contributed by atoms with E-state index in [0.717, 1.165) is 31.5 Å². The number of carbonyl (C=O) groups is 2. The second-order valence-electron chi connectivity index (χ2n) is 8.18. The maximum atomic E-state index is 12.8. The zero-order valence-electron chi connectivity index (χ0n) is 17.4. The van der Waals surface area contributed by atoms with E-state index in [4.69, 9.17) is 5.73 Å². The first kappa shape index (κ1) is 25.5. The zero-order chi connectivity index (χ0) is 19.4. The van der Waals surface area contributed by atoms with E-state index in [1.54, 1.807) is 6.07 Å². The molecule has 3 N–H and O–H groups in total. The lowest BCUT2D eigenvalue weighted by Gasteiger charge is -2.35. The van der Waals surface area contributed by atoms with Gasteiger partial charge in [0, 0.05) is 43.5 Å². The molecule has 1 saturated carbocycles. The third-order valence-electron chi connectivity index (χ3n) is 5.82. The highest BCUT2D eigenvalue weighted by Gasteiger charge is 2.25. The number of carbonyl (C=O) groups excluding carboxylic acids is 2. The maximum Gasteiger partial charge on any atom is 0.254 e. The van der Waals surface area contributed by atoms with Crippen LogP contribution in [-0.4, -0.2) is 60.4 Å². The molecule has 164 valence electrons. The summed E-state index contributed by atoms with van der Waals surface area (Å²) in [5, 5.41) is 3.20. The van der Waals surface area contributed by atoms with Crippen LogP contribution in [0.3, 0.4) is 0 Å². The van der Waals surface area contributed by atoms with Crippen LogP contribution >= 0.6 is 24.8 Å². The van der Waals surface area contributed by atoms with Gasteiger partial charge in [-0.15, -0.1) is 24.8 Å². The van der Waals surface area contributed by atoms with Crippen molar-refractivity contribution < 1.29 is 9.59 Å². The predicted molar refractivity (Wildman–Crippen MR) is 122 cm³/mol. The number of nitrogens with zero attached hydrogens (tertiary/aromatic N) is 2. The van der Waals surface area contributed by atoms with Gasteiger partial charge in [0.15, 0.2) is 0 Å². The van der Waals surface area contributed by atoms with Crippen molar-refractivity contribution in [2.45, 2.75) is 45.6 Å². The standard InChI is InChI=1S/C21H32N4O2.2ClH/c1-15-4-3-5-18(12-15)23-20(26)14-24-8-10-25(11-9-24)21(27)19-13-17(22)7-6-16(19)2;;/h6-7,13,15,18H,3-5,8-12,14,22H2,1-2H3,(H,23,26);2*1H. The van der Waals surface area contributed by atoms with Gasteiger partial charge in [-0.05, 0) is 43.4 Å². The van der Waals surface area contributed by atoms with E-state index in [1.807, 2.05) is 24.0 Å². The minimum atomic E-state index is 0. The Labute approximate surface area is 186 Å². The summed E-state index contributed by atoms with van der Waals surface area (Å²) >= 11 is 0. The predicted octanol–water partition coefficient (Wildman–Crippen LogP) is 2.87. The monoisotopic (exact) mass is 444 g/mol. The molecule has 1 saturated heterocycles. The van der Waals surface area contributed by atoms with Crippen molar-refractivity contribution in [3.8, 4) is 0 Å². The molecule has 1 aromatic rings. The summed E-state index contributed by atoms with van der Waals surface area (Å²) < 4.78 is 0. The first-order chi connectivity index (χ1) is 12.9. The molecule has 6 nitrogen and oxygen atoms in total. The Morgan fingerprint density at radius 1 is 1.14 bits per heavy atom. The first-order valence-corrected chi connectivity index (χ1v) is 10.1. The lowest BCUT2D eigenvalue weighted by atomic mass is 9.87. The molecule has 8 heteroatoms. The number of amides is 2. The number of benzene rings is 1. The third kappa shape index (κ3) is 7.05. The average molecular weight is 445 g/mol. The summed E-state index contributed by atoms with van der Waals surface area (Å²) in [5.41, 5.74) is 8.06. The SMILES string of the molecule is Cc1ccc(N)cc1C(=O)N1CCN(CC(=O)NC2CCCC(C)C2)CC1.Cl.Cl. The van der Waals surface area contributed by atoms with Crippen LogP contribution in [0.5, 0.6) is 0 Å². The van der Waals surface area contributed by atoms with Crippen molar-refractivity contribution in [3.05, 3.63) is 29.3 Å². The van der Waals surface area contributed by atoms with Gasteiger partial charge in [-0.2, -0.15) is 0 Å². The second-order valence-corrected chi connectivity index (χ2v) is 8.18. The van der Waals surface area contributed by atoms with Gasteiger partial charge in [-0.1, -0.05) is 25.8 Å². The van der Waals surface area contributed by atoms with Gasteiger partial charge in [0.05, 0.1) is 6.54 Å². The highest BCUT2D eigenvalue weighted by molar-refractivity contribution is 5.96. The van der Waals surface area contributed by atoms with Crippen LogP contribution in [0.4, 0.5) is 5.69 Å². The van der Waals surface area contributed by atoms with Crippen LogP contribution < -0.4 is 11.1 Å². The van der Waals surface area contributed by atoms with E-state index in [0.29, 0.717) is 42.8 Å².